The largest absolute Gasteiger partial charge is 0.485 e. The molecule has 0 fully saturated rings. The first kappa shape index (κ1) is 20.6. The minimum atomic E-state index is -0.317. The van der Waals surface area contributed by atoms with E-state index >= 15 is 0 Å². The number of Topliss-reactive ketones (excluding diaryl/α,β-unsaturated/α-hetero) is 1. The number of ether oxygens (including phenoxy) is 1. The molecule has 31 heavy (non-hydrogen) atoms. The van der Waals surface area contributed by atoms with Crippen LogP contribution in [0.1, 0.15) is 34.0 Å². The summed E-state index contributed by atoms with van der Waals surface area (Å²) in [4.78, 5) is 24.9. The van der Waals surface area contributed by atoms with Crippen LogP contribution in [0.4, 0.5) is 0 Å². The van der Waals surface area contributed by atoms with Crippen molar-refractivity contribution in [3.05, 3.63) is 99.4 Å². The highest BCUT2D eigenvalue weighted by atomic mass is 16.5. The topological polar surface area (TPSA) is 56.5 Å². The Labute approximate surface area is 181 Å². The number of ketones is 1. The molecule has 0 spiro atoms. The molecule has 1 aromatic heterocycles. The van der Waals surface area contributed by atoms with Gasteiger partial charge in [-0.15, -0.1) is 0 Å². The van der Waals surface area contributed by atoms with Gasteiger partial charge in [0, 0.05) is 22.1 Å². The zero-order valence-electron chi connectivity index (χ0n) is 17.9. The average Bonchev–Trinajstić information content (AvgIpc) is 2.80. The number of carbonyl (C=O) groups excluding carboxylic acids is 1. The summed E-state index contributed by atoms with van der Waals surface area (Å²) in [7, 11) is 0. The van der Waals surface area contributed by atoms with Crippen molar-refractivity contribution in [3.8, 4) is 16.9 Å². The highest BCUT2D eigenvalue weighted by Crippen LogP contribution is 2.29. The summed E-state index contributed by atoms with van der Waals surface area (Å²) < 4.78 is 11.4. The Hall–Kier alpha value is -3.66. The molecule has 0 atom stereocenters. The number of rotatable bonds is 6. The van der Waals surface area contributed by atoms with Crippen LogP contribution in [0.3, 0.4) is 0 Å². The molecule has 0 N–H and O–H groups in total. The zero-order valence-corrected chi connectivity index (χ0v) is 17.9. The molecule has 4 rings (SSSR count). The van der Waals surface area contributed by atoms with Gasteiger partial charge in [-0.2, -0.15) is 0 Å². The molecule has 4 aromatic rings. The smallest absolute Gasteiger partial charge is 0.339 e. The van der Waals surface area contributed by atoms with Crippen LogP contribution in [0.2, 0.25) is 0 Å². The third-order valence-electron chi connectivity index (χ3n) is 5.68. The maximum atomic E-state index is 12.6. The Kier molecular flexibility index (Phi) is 5.72. The average molecular weight is 412 g/mol. The molecule has 0 bridgehead atoms. The van der Waals surface area contributed by atoms with Gasteiger partial charge in [-0.1, -0.05) is 61.5 Å². The lowest BCUT2D eigenvalue weighted by Crippen LogP contribution is -2.13. The van der Waals surface area contributed by atoms with E-state index < -0.39 is 0 Å². The van der Waals surface area contributed by atoms with Gasteiger partial charge < -0.3 is 9.15 Å². The Morgan fingerprint density at radius 3 is 2.23 bits per heavy atom. The van der Waals surface area contributed by atoms with Crippen LogP contribution in [0, 0.1) is 13.8 Å². The fourth-order valence-electron chi connectivity index (χ4n) is 3.84. The first-order valence-electron chi connectivity index (χ1n) is 10.4. The van der Waals surface area contributed by atoms with Crippen molar-refractivity contribution < 1.29 is 13.9 Å². The number of aryl methyl sites for hydroxylation is 2. The quantitative estimate of drug-likeness (QED) is 0.292. The number of hydrogen-bond donors (Lipinski definition) is 0. The summed E-state index contributed by atoms with van der Waals surface area (Å²) in [6, 6.07) is 21.2. The van der Waals surface area contributed by atoms with E-state index in [1.807, 2.05) is 87.5 Å². The third-order valence-corrected chi connectivity index (χ3v) is 5.68. The van der Waals surface area contributed by atoms with Crippen LogP contribution >= 0.6 is 0 Å². The van der Waals surface area contributed by atoms with Gasteiger partial charge in [-0.05, 0) is 49.1 Å². The molecule has 0 radical (unpaired) electrons. The lowest BCUT2D eigenvalue weighted by atomic mass is 10.0. The van der Waals surface area contributed by atoms with Crippen LogP contribution < -0.4 is 10.4 Å². The fraction of sp³-hybridized carbons (Fsp3) is 0.185. The van der Waals surface area contributed by atoms with Crippen molar-refractivity contribution in [2.75, 3.05) is 6.61 Å². The molecule has 0 saturated heterocycles. The van der Waals surface area contributed by atoms with Crippen LogP contribution in [-0.4, -0.2) is 12.4 Å². The van der Waals surface area contributed by atoms with Gasteiger partial charge in [0.15, 0.2) is 12.4 Å². The van der Waals surface area contributed by atoms with Crippen LogP contribution in [0.25, 0.3) is 22.1 Å². The molecule has 0 saturated carbocycles. The summed E-state index contributed by atoms with van der Waals surface area (Å²) in [5, 5.41) is 0.893. The first-order chi connectivity index (χ1) is 15.0. The summed E-state index contributed by atoms with van der Waals surface area (Å²) in [6.45, 7) is 5.62. The van der Waals surface area contributed by atoms with E-state index in [-0.39, 0.29) is 18.0 Å². The normalized spacial score (nSPS) is 10.9. The number of benzene rings is 3. The monoisotopic (exact) mass is 412 g/mol. The van der Waals surface area contributed by atoms with Gasteiger partial charge in [0.25, 0.3) is 0 Å². The molecular weight excluding hydrogens is 388 g/mol. The predicted molar refractivity (Wildman–Crippen MR) is 123 cm³/mol. The summed E-state index contributed by atoms with van der Waals surface area (Å²) in [5.74, 6) is 0.423. The molecule has 4 nitrogen and oxygen atoms in total. The second-order valence-corrected chi connectivity index (χ2v) is 7.57. The standard InChI is InChI=1S/C27H24O4/c1-4-22-17(2)23-14-15-25(18(3)26(23)31-27(22)29)30-16-24(28)21-12-10-20(11-13-21)19-8-6-5-7-9-19/h5-15H,4,16H2,1-3H3. The molecule has 0 unspecified atom stereocenters. The second kappa shape index (κ2) is 8.60. The molecule has 0 aliphatic heterocycles. The molecular formula is C27H24O4. The minimum Gasteiger partial charge on any atom is -0.485 e. The van der Waals surface area contributed by atoms with Crippen LogP contribution in [0.15, 0.2) is 75.9 Å². The molecule has 1 heterocycles. The maximum absolute atomic E-state index is 12.6. The summed E-state index contributed by atoms with van der Waals surface area (Å²) in [5.41, 5.74) is 5.28. The van der Waals surface area contributed by atoms with Gasteiger partial charge in [0.2, 0.25) is 0 Å². The van der Waals surface area contributed by atoms with Crippen molar-refractivity contribution in [3.63, 3.8) is 0 Å². The SMILES string of the molecule is CCc1c(C)c2ccc(OCC(=O)c3ccc(-c4ccccc4)cc3)c(C)c2oc1=O. The summed E-state index contributed by atoms with van der Waals surface area (Å²) >= 11 is 0. The van der Waals surface area contributed by atoms with E-state index in [2.05, 4.69) is 0 Å². The van der Waals surface area contributed by atoms with Crippen LogP contribution in [-0.2, 0) is 6.42 Å². The number of carbonyl (C=O) groups is 1. The van der Waals surface area contributed by atoms with Crippen molar-refractivity contribution in [1.82, 2.24) is 0 Å². The van der Waals surface area contributed by atoms with Gasteiger partial charge in [0.05, 0.1) is 0 Å². The van der Waals surface area contributed by atoms with Gasteiger partial charge in [-0.3, -0.25) is 4.79 Å². The van der Waals surface area contributed by atoms with Crippen LogP contribution in [0.5, 0.6) is 5.75 Å². The van der Waals surface area contributed by atoms with Crippen molar-refractivity contribution in [1.29, 1.82) is 0 Å². The Bertz CT molecular complexity index is 1300. The van der Waals surface area contributed by atoms with Crippen molar-refractivity contribution >= 4 is 16.8 Å². The Balaban J connectivity index is 1.53. The molecule has 156 valence electrons. The predicted octanol–water partition coefficient (Wildman–Crippen LogP) is 5.90. The van der Waals surface area contributed by atoms with E-state index in [9.17, 15) is 9.59 Å². The maximum Gasteiger partial charge on any atom is 0.339 e. The van der Waals surface area contributed by atoms with Gasteiger partial charge in [-0.25, -0.2) is 4.79 Å². The summed E-state index contributed by atoms with van der Waals surface area (Å²) in [6.07, 6.45) is 0.624. The van der Waals surface area contributed by atoms with E-state index in [1.54, 1.807) is 0 Å². The number of hydrogen-bond acceptors (Lipinski definition) is 4. The molecule has 0 aliphatic rings. The zero-order chi connectivity index (χ0) is 22.0. The van der Waals surface area contributed by atoms with E-state index in [0.717, 1.165) is 22.1 Å². The van der Waals surface area contributed by atoms with Gasteiger partial charge in [0.1, 0.15) is 11.3 Å². The van der Waals surface area contributed by atoms with Crippen molar-refractivity contribution in [2.24, 2.45) is 0 Å². The van der Waals surface area contributed by atoms with Crippen molar-refractivity contribution in [2.45, 2.75) is 27.2 Å². The van der Waals surface area contributed by atoms with E-state index in [1.165, 1.54) is 0 Å². The fourth-order valence-corrected chi connectivity index (χ4v) is 3.84. The lowest BCUT2D eigenvalue weighted by Gasteiger charge is -2.12. The lowest BCUT2D eigenvalue weighted by molar-refractivity contribution is 0.0921. The molecule has 0 amide bonds. The minimum absolute atomic E-state index is 0.0900. The molecule has 3 aromatic carbocycles. The highest BCUT2D eigenvalue weighted by Gasteiger charge is 2.15. The molecule has 4 heteroatoms. The second-order valence-electron chi connectivity index (χ2n) is 7.57. The van der Waals surface area contributed by atoms with E-state index in [4.69, 9.17) is 9.15 Å². The first-order valence-corrected chi connectivity index (χ1v) is 10.4. The van der Waals surface area contributed by atoms with Gasteiger partial charge >= 0.3 is 5.63 Å². The highest BCUT2D eigenvalue weighted by molar-refractivity contribution is 5.97. The van der Waals surface area contributed by atoms with E-state index in [0.29, 0.717) is 34.4 Å². The Morgan fingerprint density at radius 1 is 0.871 bits per heavy atom. The number of fused-ring (bicyclic) bond motifs is 1. The molecule has 0 aliphatic carbocycles. The Morgan fingerprint density at radius 2 is 1.55 bits per heavy atom. The third kappa shape index (κ3) is 4.02.